The van der Waals surface area contributed by atoms with E-state index in [1.165, 1.54) is 11.3 Å². The molecule has 0 unspecified atom stereocenters. The standard InChI is InChI=1S/C20H27N5O2S/c1-13(2)11-21-20(27)25-10-6-8-15(12-25)18-23-24-19(28-18)17(26)22-16-9-5-4-7-14(16)3/h4-5,7,9,13,15H,6,8,10-12H2,1-3H3,(H,21,27)(H,22,26)/t15-/m0/s1. The Morgan fingerprint density at radius 3 is 2.82 bits per heavy atom. The second-order valence-electron chi connectivity index (χ2n) is 7.58. The molecule has 2 heterocycles. The largest absolute Gasteiger partial charge is 0.338 e. The number of anilines is 1. The number of aryl methyl sites for hydroxylation is 1. The highest BCUT2D eigenvalue weighted by molar-refractivity contribution is 7.13. The number of benzene rings is 1. The summed E-state index contributed by atoms with van der Waals surface area (Å²) < 4.78 is 0. The lowest BCUT2D eigenvalue weighted by atomic mass is 9.99. The number of rotatable bonds is 5. The number of carbonyl (C=O) groups is 2. The predicted molar refractivity (Wildman–Crippen MR) is 111 cm³/mol. The first-order valence-electron chi connectivity index (χ1n) is 9.67. The van der Waals surface area contributed by atoms with Gasteiger partial charge >= 0.3 is 6.03 Å². The van der Waals surface area contributed by atoms with Crippen LogP contribution in [0, 0.1) is 12.8 Å². The summed E-state index contributed by atoms with van der Waals surface area (Å²) in [6, 6.07) is 7.60. The number of hydrogen-bond acceptors (Lipinski definition) is 5. The highest BCUT2D eigenvalue weighted by Crippen LogP contribution is 2.29. The number of piperidine rings is 1. The van der Waals surface area contributed by atoms with Crippen LogP contribution in [0.15, 0.2) is 24.3 Å². The number of amides is 3. The molecular weight excluding hydrogens is 374 g/mol. The molecule has 3 rings (SSSR count). The predicted octanol–water partition coefficient (Wildman–Crippen LogP) is 3.64. The minimum Gasteiger partial charge on any atom is -0.338 e. The Balaban J connectivity index is 1.62. The second kappa shape index (κ2) is 9.14. The molecule has 2 aromatic rings. The number of carbonyl (C=O) groups excluding carboxylic acids is 2. The number of nitrogens with zero attached hydrogens (tertiary/aromatic N) is 3. The highest BCUT2D eigenvalue weighted by Gasteiger charge is 2.28. The fourth-order valence-electron chi connectivity index (χ4n) is 3.15. The van der Waals surface area contributed by atoms with Crippen LogP contribution >= 0.6 is 11.3 Å². The SMILES string of the molecule is Cc1ccccc1NC(=O)c1nnc([C@H]2CCCN(C(=O)NCC(C)C)C2)s1. The lowest BCUT2D eigenvalue weighted by molar-refractivity contribution is 0.102. The van der Waals surface area contributed by atoms with Crippen molar-refractivity contribution in [3.63, 3.8) is 0 Å². The zero-order valence-electron chi connectivity index (χ0n) is 16.6. The molecule has 0 aliphatic carbocycles. The Morgan fingerprint density at radius 1 is 1.29 bits per heavy atom. The van der Waals surface area contributed by atoms with Gasteiger partial charge in [0.15, 0.2) is 0 Å². The molecule has 3 amide bonds. The molecule has 0 spiro atoms. The van der Waals surface area contributed by atoms with E-state index in [1.54, 1.807) is 0 Å². The van der Waals surface area contributed by atoms with Crippen molar-refractivity contribution in [2.45, 2.75) is 39.5 Å². The maximum atomic E-state index is 12.5. The summed E-state index contributed by atoms with van der Waals surface area (Å²) in [5, 5.41) is 15.4. The number of nitrogens with one attached hydrogen (secondary N) is 2. The maximum absolute atomic E-state index is 12.5. The number of aromatic nitrogens is 2. The van der Waals surface area contributed by atoms with Crippen LogP contribution in [-0.2, 0) is 0 Å². The van der Waals surface area contributed by atoms with Gasteiger partial charge in [0, 0.05) is 31.2 Å². The monoisotopic (exact) mass is 401 g/mol. The van der Waals surface area contributed by atoms with Crippen LogP contribution in [0.1, 0.15) is 53.0 Å². The molecule has 7 nitrogen and oxygen atoms in total. The van der Waals surface area contributed by atoms with Crippen molar-refractivity contribution in [3.05, 3.63) is 39.8 Å². The summed E-state index contributed by atoms with van der Waals surface area (Å²) in [5.41, 5.74) is 1.77. The lowest BCUT2D eigenvalue weighted by Gasteiger charge is -2.31. The van der Waals surface area contributed by atoms with E-state index < -0.39 is 0 Å². The molecule has 1 fully saturated rings. The van der Waals surface area contributed by atoms with Crippen LogP contribution in [0.4, 0.5) is 10.5 Å². The fourth-order valence-corrected chi connectivity index (χ4v) is 4.01. The third-order valence-corrected chi connectivity index (χ3v) is 5.83. The van der Waals surface area contributed by atoms with E-state index in [0.29, 0.717) is 24.0 Å². The van der Waals surface area contributed by atoms with Gasteiger partial charge in [-0.05, 0) is 37.3 Å². The highest BCUT2D eigenvalue weighted by atomic mass is 32.1. The molecule has 1 aromatic carbocycles. The topological polar surface area (TPSA) is 87.2 Å². The normalized spacial score (nSPS) is 16.9. The van der Waals surface area contributed by atoms with Crippen LogP contribution in [0.3, 0.4) is 0 Å². The van der Waals surface area contributed by atoms with Crippen molar-refractivity contribution in [3.8, 4) is 0 Å². The Kier molecular flexibility index (Phi) is 6.61. The molecule has 1 aromatic heterocycles. The average Bonchev–Trinajstić information content (AvgIpc) is 3.18. The van der Waals surface area contributed by atoms with Gasteiger partial charge in [0.05, 0.1) is 0 Å². The van der Waals surface area contributed by atoms with Crippen molar-refractivity contribution in [2.24, 2.45) is 5.92 Å². The number of likely N-dealkylation sites (tertiary alicyclic amines) is 1. The van der Waals surface area contributed by atoms with Crippen molar-refractivity contribution in [1.29, 1.82) is 0 Å². The first kappa shape index (κ1) is 20.3. The van der Waals surface area contributed by atoms with Crippen LogP contribution in [0.5, 0.6) is 0 Å². The lowest BCUT2D eigenvalue weighted by Crippen LogP contribution is -2.45. The van der Waals surface area contributed by atoms with Crippen molar-refractivity contribution in [2.75, 3.05) is 25.0 Å². The molecule has 2 N–H and O–H groups in total. The van der Waals surface area contributed by atoms with Gasteiger partial charge in [-0.3, -0.25) is 4.79 Å². The molecule has 0 saturated carbocycles. The first-order valence-corrected chi connectivity index (χ1v) is 10.5. The van der Waals surface area contributed by atoms with Crippen molar-refractivity contribution in [1.82, 2.24) is 20.4 Å². The average molecular weight is 402 g/mol. The van der Waals surface area contributed by atoms with Gasteiger partial charge in [0.2, 0.25) is 5.01 Å². The van der Waals surface area contributed by atoms with Gasteiger partial charge in [0.1, 0.15) is 5.01 Å². The molecule has 1 atom stereocenters. The first-order chi connectivity index (χ1) is 13.4. The Bertz CT molecular complexity index is 836. The van der Waals surface area contributed by atoms with Crippen molar-refractivity contribution < 1.29 is 9.59 Å². The minimum atomic E-state index is -0.250. The summed E-state index contributed by atoms with van der Waals surface area (Å²) in [6.07, 6.45) is 1.87. The molecule has 150 valence electrons. The molecular formula is C20H27N5O2S. The quantitative estimate of drug-likeness (QED) is 0.801. The molecule has 1 aliphatic heterocycles. The van der Waals surface area contributed by atoms with Gasteiger partial charge in [-0.15, -0.1) is 10.2 Å². The molecule has 0 bridgehead atoms. The van der Waals surface area contributed by atoms with E-state index in [2.05, 4.69) is 34.7 Å². The number of urea groups is 1. The molecule has 8 heteroatoms. The Morgan fingerprint density at radius 2 is 2.07 bits per heavy atom. The third kappa shape index (κ3) is 5.07. The molecule has 28 heavy (non-hydrogen) atoms. The van der Waals surface area contributed by atoms with Gasteiger partial charge < -0.3 is 15.5 Å². The van der Waals surface area contributed by atoms with E-state index in [9.17, 15) is 9.59 Å². The molecule has 1 saturated heterocycles. The van der Waals surface area contributed by atoms with E-state index >= 15 is 0 Å². The second-order valence-corrected chi connectivity index (χ2v) is 8.59. The summed E-state index contributed by atoms with van der Waals surface area (Å²) in [7, 11) is 0. The Hall–Kier alpha value is -2.48. The molecule has 0 radical (unpaired) electrons. The van der Waals surface area contributed by atoms with Crippen molar-refractivity contribution >= 4 is 29.0 Å². The molecule has 1 aliphatic rings. The summed E-state index contributed by atoms with van der Waals surface area (Å²) >= 11 is 1.31. The zero-order chi connectivity index (χ0) is 20.1. The number of para-hydroxylation sites is 1. The number of hydrogen-bond donors (Lipinski definition) is 2. The fraction of sp³-hybridized carbons (Fsp3) is 0.500. The zero-order valence-corrected chi connectivity index (χ0v) is 17.4. The van der Waals surface area contributed by atoms with Gasteiger partial charge in [0.25, 0.3) is 5.91 Å². The third-order valence-electron chi connectivity index (χ3n) is 4.75. The van der Waals surface area contributed by atoms with Crippen LogP contribution in [0.25, 0.3) is 0 Å². The maximum Gasteiger partial charge on any atom is 0.317 e. The van der Waals surface area contributed by atoms with Gasteiger partial charge in [-0.1, -0.05) is 43.4 Å². The van der Waals surface area contributed by atoms with Crippen LogP contribution in [0.2, 0.25) is 0 Å². The van der Waals surface area contributed by atoms with E-state index in [0.717, 1.165) is 35.6 Å². The van der Waals surface area contributed by atoms with Gasteiger partial charge in [-0.25, -0.2) is 4.79 Å². The summed E-state index contributed by atoms with van der Waals surface area (Å²) in [4.78, 5) is 26.7. The van der Waals surface area contributed by atoms with Gasteiger partial charge in [-0.2, -0.15) is 0 Å². The van der Waals surface area contributed by atoms with E-state index in [-0.39, 0.29) is 17.9 Å². The smallest absolute Gasteiger partial charge is 0.317 e. The van der Waals surface area contributed by atoms with E-state index in [1.807, 2.05) is 36.1 Å². The van der Waals surface area contributed by atoms with Crippen LogP contribution < -0.4 is 10.6 Å². The minimum absolute atomic E-state index is 0.0274. The van der Waals surface area contributed by atoms with Crippen LogP contribution in [-0.4, -0.2) is 46.7 Å². The summed E-state index contributed by atoms with van der Waals surface area (Å²) in [6.45, 7) is 8.12. The summed E-state index contributed by atoms with van der Waals surface area (Å²) in [5.74, 6) is 0.290. The van der Waals surface area contributed by atoms with E-state index in [4.69, 9.17) is 0 Å². The Labute approximate surface area is 169 Å².